The molecule has 1 aromatic rings. The summed E-state index contributed by atoms with van der Waals surface area (Å²) in [5, 5.41) is 2.89. The molecule has 21 heavy (non-hydrogen) atoms. The zero-order valence-electron chi connectivity index (χ0n) is 13.6. The van der Waals surface area contributed by atoms with Gasteiger partial charge in [0.1, 0.15) is 11.4 Å². The van der Waals surface area contributed by atoms with Crippen LogP contribution in [0.5, 0.6) is 5.75 Å². The van der Waals surface area contributed by atoms with Gasteiger partial charge in [0.2, 0.25) is 0 Å². The van der Waals surface area contributed by atoms with Crippen LogP contribution >= 0.6 is 0 Å². The molecule has 0 bridgehead atoms. The van der Waals surface area contributed by atoms with E-state index >= 15 is 0 Å². The molecule has 1 amide bonds. The molecule has 0 aromatic heterocycles. The van der Waals surface area contributed by atoms with Gasteiger partial charge < -0.3 is 14.8 Å². The van der Waals surface area contributed by atoms with Gasteiger partial charge in [-0.15, -0.1) is 0 Å². The van der Waals surface area contributed by atoms with E-state index in [-0.39, 0.29) is 5.91 Å². The molecule has 1 aromatic carbocycles. The van der Waals surface area contributed by atoms with Crippen molar-refractivity contribution in [1.82, 2.24) is 0 Å². The number of hydrogen-bond donors (Lipinski definition) is 1. The second-order valence-corrected chi connectivity index (χ2v) is 5.37. The highest BCUT2D eigenvalue weighted by Gasteiger charge is 2.31. The maximum Gasteiger partial charge on any atom is 0.256 e. The maximum atomic E-state index is 12.3. The Bertz CT molecular complexity index is 430. The molecule has 1 atom stereocenters. The van der Waals surface area contributed by atoms with Gasteiger partial charge in [0, 0.05) is 12.8 Å². The van der Waals surface area contributed by atoms with Gasteiger partial charge >= 0.3 is 0 Å². The summed E-state index contributed by atoms with van der Waals surface area (Å²) in [5.74, 6) is 0.705. The molecule has 0 saturated carbocycles. The summed E-state index contributed by atoms with van der Waals surface area (Å²) < 4.78 is 11.0. The fraction of sp³-hybridized carbons (Fsp3) is 0.588. The summed E-state index contributed by atoms with van der Waals surface area (Å²) in [6.45, 7) is 6.70. The monoisotopic (exact) mass is 293 g/mol. The van der Waals surface area contributed by atoms with E-state index in [1.54, 1.807) is 7.11 Å². The lowest BCUT2D eigenvalue weighted by Crippen LogP contribution is -2.41. The second-order valence-electron chi connectivity index (χ2n) is 5.37. The summed E-state index contributed by atoms with van der Waals surface area (Å²) in [5.41, 5.74) is -0.0346. The quantitative estimate of drug-likeness (QED) is 0.700. The summed E-state index contributed by atoms with van der Waals surface area (Å²) in [6, 6.07) is 7.44. The third-order valence-corrected chi connectivity index (χ3v) is 3.54. The van der Waals surface area contributed by atoms with Crippen molar-refractivity contribution in [2.75, 3.05) is 19.0 Å². The number of methoxy groups -OCH3 is 1. The molecule has 0 spiro atoms. The van der Waals surface area contributed by atoms with Crippen molar-refractivity contribution in [3.8, 4) is 5.75 Å². The van der Waals surface area contributed by atoms with Crippen LogP contribution in [-0.2, 0) is 9.53 Å². The lowest BCUT2D eigenvalue weighted by atomic mass is 9.99. The van der Waals surface area contributed by atoms with Gasteiger partial charge in [-0.1, -0.05) is 26.7 Å². The summed E-state index contributed by atoms with van der Waals surface area (Å²) in [4.78, 5) is 12.3. The van der Waals surface area contributed by atoms with E-state index in [0.29, 0.717) is 6.42 Å². The highest BCUT2D eigenvalue weighted by molar-refractivity contribution is 5.97. The van der Waals surface area contributed by atoms with Crippen molar-refractivity contribution in [3.05, 3.63) is 24.3 Å². The molecule has 0 aliphatic heterocycles. The highest BCUT2D eigenvalue weighted by atomic mass is 16.5. The second kappa shape index (κ2) is 8.67. The van der Waals surface area contributed by atoms with Gasteiger partial charge in [0.05, 0.1) is 6.61 Å². The van der Waals surface area contributed by atoms with Crippen LogP contribution in [0.1, 0.15) is 46.5 Å². The van der Waals surface area contributed by atoms with Crippen molar-refractivity contribution in [3.63, 3.8) is 0 Å². The van der Waals surface area contributed by atoms with Crippen LogP contribution in [0.25, 0.3) is 0 Å². The predicted molar refractivity (Wildman–Crippen MR) is 85.8 cm³/mol. The Morgan fingerprint density at radius 1 is 1.19 bits per heavy atom. The Labute approximate surface area is 127 Å². The number of hydrogen-bond acceptors (Lipinski definition) is 3. The van der Waals surface area contributed by atoms with Crippen LogP contribution in [0.3, 0.4) is 0 Å². The average Bonchev–Trinajstić information content (AvgIpc) is 2.49. The minimum Gasteiger partial charge on any atom is -0.494 e. The maximum absolute atomic E-state index is 12.3. The first-order valence-corrected chi connectivity index (χ1v) is 7.65. The fourth-order valence-corrected chi connectivity index (χ4v) is 2.02. The first kappa shape index (κ1) is 17.5. The van der Waals surface area contributed by atoms with Crippen LogP contribution in [0.2, 0.25) is 0 Å². The van der Waals surface area contributed by atoms with Gasteiger partial charge in [-0.25, -0.2) is 0 Å². The largest absolute Gasteiger partial charge is 0.494 e. The number of nitrogens with one attached hydrogen (secondary N) is 1. The zero-order valence-corrected chi connectivity index (χ0v) is 13.6. The Balaban J connectivity index is 2.60. The van der Waals surface area contributed by atoms with Crippen molar-refractivity contribution in [2.45, 2.75) is 52.1 Å². The highest BCUT2D eigenvalue weighted by Crippen LogP contribution is 2.21. The number of benzene rings is 1. The predicted octanol–water partition coefficient (Wildman–Crippen LogP) is 4.01. The van der Waals surface area contributed by atoms with Crippen LogP contribution in [0, 0.1) is 0 Å². The fourth-order valence-electron chi connectivity index (χ4n) is 2.02. The van der Waals surface area contributed by atoms with E-state index in [2.05, 4.69) is 12.2 Å². The molecular weight excluding hydrogens is 266 g/mol. The molecule has 0 aliphatic rings. The van der Waals surface area contributed by atoms with E-state index in [1.807, 2.05) is 38.1 Å². The third-order valence-electron chi connectivity index (χ3n) is 3.54. The number of unbranched alkanes of at least 4 members (excludes halogenated alkanes) is 1. The summed E-state index contributed by atoms with van der Waals surface area (Å²) in [7, 11) is 1.57. The Kier molecular flexibility index (Phi) is 7.23. The van der Waals surface area contributed by atoms with Gasteiger partial charge in [-0.05, 0) is 44.0 Å². The van der Waals surface area contributed by atoms with Crippen molar-refractivity contribution in [1.29, 1.82) is 0 Å². The molecule has 0 fully saturated rings. The summed E-state index contributed by atoms with van der Waals surface area (Å²) >= 11 is 0. The Morgan fingerprint density at radius 3 is 2.38 bits per heavy atom. The normalized spacial score (nSPS) is 13.5. The SMILES string of the molecule is CCCCOc1ccc(NC(=O)[C@](C)(CCC)OC)cc1. The van der Waals surface area contributed by atoms with Gasteiger partial charge in [0.25, 0.3) is 5.91 Å². The Morgan fingerprint density at radius 2 is 1.86 bits per heavy atom. The van der Waals surface area contributed by atoms with E-state index in [4.69, 9.17) is 9.47 Å². The molecule has 4 nitrogen and oxygen atoms in total. The van der Waals surface area contributed by atoms with E-state index in [0.717, 1.165) is 37.3 Å². The molecule has 4 heteroatoms. The minimum atomic E-state index is -0.787. The number of ether oxygens (including phenoxy) is 2. The molecule has 1 N–H and O–H groups in total. The topological polar surface area (TPSA) is 47.6 Å². The standard InChI is InChI=1S/C17H27NO3/c1-5-7-13-21-15-10-8-14(9-11-15)18-16(19)17(3,20-4)12-6-2/h8-11H,5-7,12-13H2,1-4H3,(H,18,19)/t17-/m0/s1. The molecule has 0 heterocycles. The number of rotatable bonds is 9. The molecule has 0 aliphatic carbocycles. The van der Waals surface area contributed by atoms with Crippen molar-refractivity contribution in [2.24, 2.45) is 0 Å². The summed E-state index contributed by atoms with van der Waals surface area (Å²) in [6.07, 6.45) is 3.73. The first-order chi connectivity index (χ1) is 10.1. The van der Waals surface area contributed by atoms with Crippen LogP contribution in [0.15, 0.2) is 24.3 Å². The van der Waals surface area contributed by atoms with Crippen LogP contribution in [-0.4, -0.2) is 25.2 Å². The van der Waals surface area contributed by atoms with Gasteiger partial charge in [-0.3, -0.25) is 4.79 Å². The zero-order chi connectivity index (χ0) is 15.7. The molecule has 1 rings (SSSR count). The number of amides is 1. The lowest BCUT2D eigenvalue weighted by Gasteiger charge is -2.26. The van der Waals surface area contributed by atoms with E-state index < -0.39 is 5.60 Å². The van der Waals surface area contributed by atoms with Crippen molar-refractivity contribution < 1.29 is 14.3 Å². The third kappa shape index (κ3) is 5.38. The number of carbonyl (C=O) groups excluding carboxylic acids is 1. The minimum absolute atomic E-state index is 0.119. The van der Waals surface area contributed by atoms with E-state index in [9.17, 15) is 4.79 Å². The number of anilines is 1. The van der Waals surface area contributed by atoms with Crippen molar-refractivity contribution >= 4 is 11.6 Å². The molecule has 118 valence electrons. The molecular formula is C17H27NO3. The number of carbonyl (C=O) groups is 1. The van der Waals surface area contributed by atoms with Crippen LogP contribution < -0.4 is 10.1 Å². The molecule has 0 unspecified atom stereocenters. The van der Waals surface area contributed by atoms with Gasteiger partial charge in [-0.2, -0.15) is 0 Å². The Hall–Kier alpha value is -1.55. The van der Waals surface area contributed by atoms with Gasteiger partial charge in [0.15, 0.2) is 0 Å². The average molecular weight is 293 g/mol. The molecule has 0 radical (unpaired) electrons. The molecule has 0 saturated heterocycles. The van der Waals surface area contributed by atoms with Crippen LogP contribution in [0.4, 0.5) is 5.69 Å². The first-order valence-electron chi connectivity index (χ1n) is 7.65. The smallest absolute Gasteiger partial charge is 0.256 e. The van der Waals surface area contributed by atoms with E-state index in [1.165, 1.54) is 0 Å². The lowest BCUT2D eigenvalue weighted by molar-refractivity contribution is -0.136.